The molecule has 0 spiro atoms. The van der Waals surface area contributed by atoms with Crippen LogP contribution in [0.5, 0.6) is 0 Å². The second-order valence-corrected chi connectivity index (χ2v) is 7.16. The average Bonchev–Trinajstić information content (AvgIpc) is 3.15. The van der Waals surface area contributed by atoms with E-state index in [1.165, 1.54) is 21.8 Å². The summed E-state index contributed by atoms with van der Waals surface area (Å²) < 4.78 is 0. The Morgan fingerprint density at radius 2 is 2.10 bits per heavy atom. The zero-order valence-electron chi connectivity index (χ0n) is 11.9. The molecular weight excluding hydrogens is 302 g/mol. The average molecular weight is 319 g/mol. The number of Topliss-reactive ketones (excluding diaryl/α,β-unsaturated/α-hetero) is 1. The van der Waals surface area contributed by atoms with Crippen molar-refractivity contribution in [2.75, 3.05) is 6.54 Å². The van der Waals surface area contributed by atoms with Crippen molar-refractivity contribution < 1.29 is 9.59 Å². The molecule has 0 saturated carbocycles. The molecular formula is C16H17NO2S2. The molecule has 3 heterocycles. The van der Waals surface area contributed by atoms with Crippen molar-refractivity contribution in [3.63, 3.8) is 0 Å². The van der Waals surface area contributed by atoms with Crippen molar-refractivity contribution in [3.05, 3.63) is 44.3 Å². The van der Waals surface area contributed by atoms with Gasteiger partial charge in [0.2, 0.25) is 5.91 Å². The maximum absolute atomic E-state index is 12.4. The zero-order valence-corrected chi connectivity index (χ0v) is 13.5. The van der Waals surface area contributed by atoms with Crippen LogP contribution in [0.1, 0.15) is 45.9 Å². The smallest absolute Gasteiger partial charge is 0.223 e. The number of rotatable bonds is 4. The minimum atomic E-state index is 0.0687. The molecule has 0 N–H and O–H groups in total. The number of amides is 1. The summed E-state index contributed by atoms with van der Waals surface area (Å²) in [6.45, 7) is 2.84. The molecule has 3 rings (SSSR count). The van der Waals surface area contributed by atoms with Gasteiger partial charge in [0.1, 0.15) is 0 Å². The lowest BCUT2D eigenvalue weighted by atomic mass is 10.0. The van der Waals surface area contributed by atoms with Crippen molar-refractivity contribution >= 4 is 34.4 Å². The molecule has 0 bridgehead atoms. The molecule has 1 amide bonds. The van der Waals surface area contributed by atoms with Gasteiger partial charge in [0.05, 0.1) is 10.9 Å². The zero-order chi connectivity index (χ0) is 14.8. The second-order valence-electron chi connectivity index (χ2n) is 5.21. The summed E-state index contributed by atoms with van der Waals surface area (Å²) in [5.41, 5.74) is 1.27. The number of fused-ring (bicyclic) bond motifs is 1. The van der Waals surface area contributed by atoms with E-state index in [-0.39, 0.29) is 17.7 Å². The van der Waals surface area contributed by atoms with E-state index in [2.05, 4.69) is 18.4 Å². The Balaban J connectivity index is 1.60. The topological polar surface area (TPSA) is 37.4 Å². The summed E-state index contributed by atoms with van der Waals surface area (Å²) in [4.78, 5) is 28.4. The Labute approximate surface area is 132 Å². The Hall–Kier alpha value is -1.46. The summed E-state index contributed by atoms with van der Waals surface area (Å²) >= 11 is 3.21. The lowest BCUT2D eigenvalue weighted by molar-refractivity contribution is -0.133. The minimum absolute atomic E-state index is 0.0687. The number of ketones is 1. The molecule has 0 aromatic carbocycles. The standard InChI is InChI=1S/C16H17NO2S2/c1-11-12-7-10-21-14(12)6-8-17(11)16(19)5-4-13(18)15-3-2-9-20-15/h2-3,7,9-11H,4-6,8H2,1H3/t11-/m0/s1. The molecule has 110 valence electrons. The molecule has 3 nitrogen and oxygen atoms in total. The van der Waals surface area contributed by atoms with Gasteiger partial charge in [-0.1, -0.05) is 6.07 Å². The number of hydrogen-bond donors (Lipinski definition) is 0. The van der Waals surface area contributed by atoms with Gasteiger partial charge in [-0.05, 0) is 41.8 Å². The van der Waals surface area contributed by atoms with Crippen molar-refractivity contribution in [1.29, 1.82) is 0 Å². The third-order valence-electron chi connectivity index (χ3n) is 3.96. The first-order valence-corrected chi connectivity index (χ1v) is 8.85. The quantitative estimate of drug-likeness (QED) is 0.801. The van der Waals surface area contributed by atoms with E-state index in [0.29, 0.717) is 12.8 Å². The lowest BCUT2D eigenvalue weighted by Crippen LogP contribution is -2.38. The molecule has 0 radical (unpaired) electrons. The van der Waals surface area contributed by atoms with Crippen LogP contribution < -0.4 is 0 Å². The van der Waals surface area contributed by atoms with E-state index in [4.69, 9.17) is 0 Å². The van der Waals surface area contributed by atoms with Crippen LogP contribution in [0.15, 0.2) is 29.0 Å². The Morgan fingerprint density at radius 1 is 1.24 bits per heavy atom. The van der Waals surface area contributed by atoms with Gasteiger partial charge in [-0.3, -0.25) is 9.59 Å². The molecule has 5 heteroatoms. The molecule has 0 saturated heterocycles. The highest BCUT2D eigenvalue weighted by atomic mass is 32.1. The van der Waals surface area contributed by atoms with Crippen molar-refractivity contribution in [2.45, 2.75) is 32.2 Å². The van der Waals surface area contributed by atoms with E-state index in [1.807, 2.05) is 22.4 Å². The number of thiophene rings is 2. The largest absolute Gasteiger partial charge is 0.336 e. The Kier molecular flexibility index (Phi) is 4.22. The van der Waals surface area contributed by atoms with Gasteiger partial charge in [0.15, 0.2) is 5.78 Å². The number of carbonyl (C=O) groups is 2. The molecule has 1 atom stereocenters. The van der Waals surface area contributed by atoms with Gasteiger partial charge in [-0.25, -0.2) is 0 Å². The molecule has 2 aromatic heterocycles. The van der Waals surface area contributed by atoms with Gasteiger partial charge < -0.3 is 4.90 Å². The fourth-order valence-corrected chi connectivity index (χ4v) is 4.43. The molecule has 0 unspecified atom stereocenters. The summed E-state index contributed by atoms with van der Waals surface area (Å²) in [6.07, 6.45) is 1.54. The normalized spacial score (nSPS) is 17.6. The number of nitrogens with zero attached hydrogens (tertiary/aromatic N) is 1. The van der Waals surface area contributed by atoms with E-state index >= 15 is 0 Å². The summed E-state index contributed by atoms with van der Waals surface area (Å²) in [7, 11) is 0. The van der Waals surface area contributed by atoms with Crippen molar-refractivity contribution in [3.8, 4) is 0 Å². The van der Waals surface area contributed by atoms with Gasteiger partial charge in [-0.2, -0.15) is 0 Å². The Morgan fingerprint density at radius 3 is 2.86 bits per heavy atom. The first-order valence-electron chi connectivity index (χ1n) is 7.09. The molecule has 0 aliphatic carbocycles. The van der Waals surface area contributed by atoms with Gasteiger partial charge in [0.25, 0.3) is 0 Å². The highest BCUT2D eigenvalue weighted by Crippen LogP contribution is 2.33. The first kappa shape index (κ1) is 14.5. The molecule has 2 aromatic rings. The third kappa shape index (κ3) is 2.94. The summed E-state index contributed by atoms with van der Waals surface area (Å²) in [5, 5.41) is 3.98. The van der Waals surface area contributed by atoms with Gasteiger partial charge in [0, 0.05) is 24.3 Å². The highest BCUT2D eigenvalue weighted by Gasteiger charge is 2.28. The second kappa shape index (κ2) is 6.12. The van der Waals surface area contributed by atoms with Crippen molar-refractivity contribution in [2.24, 2.45) is 0 Å². The molecule has 0 fully saturated rings. The fraction of sp³-hybridized carbons (Fsp3) is 0.375. The van der Waals surface area contributed by atoms with Crippen LogP contribution in [-0.4, -0.2) is 23.1 Å². The molecule has 1 aliphatic rings. The van der Waals surface area contributed by atoms with Crippen LogP contribution in [0.2, 0.25) is 0 Å². The fourth-order valence-electron chi connectivity index (χ4n) is 2.77. The van der Waals surface area contributed by atoms with Crippen LogP contribution in [-0.2, 0) is 11.2 Å². The number of hydrogen-bond acceptors (Lipinski definition) is 4. The third-order valence-corrected chi connectivity index (χ3v) is 5.87. The lowest BCUT2D eigenvalue weighted by Gasteiger charge is -2.33. The van der Waals surface area contributed by atoms with Crippen LogP contribution in [0.25, 0.3) is 0 Å². The molecule has 21 heavy (non-hydrogen) atoms. The van der Waals surface area contributed by atoms with Gasteiger partial charge in [-0.15, -0.1) is 22.7 Å². The van der Waals surface area contributed by atoms with Crippen LogP contribution in [0.3, 0.4) is 0 Å². The maximum Gasteiger partial charge on any atom is 0.223 e. The van der Waals surface area contributed by atoms with Crippen LogP contribution in [0.4, 0.5) is 0 Å². The Bertz CT molecular complexity index is 645. The maximum atomic E-state index is 12.4. The van der Waals surface area contributed by atoms with E-state index in [1.54, 1.807) is 11.3 Å². The van der Waals surface area contributed by atoms with Crippen LogP contribution >= 0.6 is 22.7 Å². The van der Waals surface area contributed by atoms with Crippen LogP contribution in [0, 0.1) is 0 Å². The summed E-state index contributed by atoms with van der Waals surface area (Å²) in [5.74, 6) is 0.156. The molecule has 1 aliphatic heterocycles. The predicted octanol–water partition coefficient (Wildman–Crippen LogP) is 3.92. The SMILES string of the molecule is C[C@H]1c2ccsc2CCN1C(=O)CCC(=O)c1cccs1. The van der Waals surface area contributed by atoms with E-state index in [9.17, 15) is 9.59 Å². The minimum Gasteiger partial charge on any atom is -0.336 e. The number of carbonyl (C=O) groups excluding carboxylic acids is 2. The highest BCUT2D eigenvalue weighted by molar-refractivity contribution is 7.12. The summed E-state index contributed by atoms with van der Waals surface area (Å²) in [6, 6.07) is 5.92. The first-order chi connectivity index (χ1) is 10.2. The predicted molar refractivity (Wildman–Crippen MR) is 86.0 cm³/mol. The monoisotopic (exact) mass is 319 g/mol. The van der Waals surface area contributed by atoms with E-state index < -0.39 is 0 Å². The van der Waals surface area contributed by atoms with Gasteiger partial charge >= 0.3 is 0 Å². The van der Waals surface area contributed by atoms with Crippen molar-refractivity contribution in [1.82, 2.24) is 4.90 Å². The van der Waals surface area contributed by atoms with E-state index in [0.717, 1.165) is 17.8 Å².